The Morgan fingerprint density at radius 3 is 2.45 bits per heavy atom. The van der Waals surface area contributed by atoms with E-state index in [-0.39, 0.29) is 13.2 Å². The van der Waals surface area contributed by atoms with Crippen molar-refractivity contribution in [3.05, 3.63) is 82.4 Å². The number of amides is 2. The number of hydrogen-bond donors (Lipinski definition) is 2. The zero-order valence-corrected chi connectivity index (χ0v) is 19.2. The molecule has 2 amide bonds. The number of carbonyl (C=O) groups excluding carboxylic acids is 2. The Labute approximate surface area is 192 Å². The van der Waals surface area contributed by atoms with Gasteiger partial charge in [-0.25, -0.2) is 14.0 Å². The first kappa shape index (κ1) is 23.8. The summed E-state index contributed by atoms with van der Waals surface area (Å²) in [4.78, 5) is 30.1. The van der Waals surface area contributed by atoms with Crippen LogP contribution in [-0.4, -0.2) is 35.6 Å². The lowest BCUT2D eigenvalue weighted by Gasteiger charge is -2.24. The van der Waals surface area contributed by atoms with E-state index >= 15 is 0 Å². The molecule has 0 fully saturated rings. The maximum Gasteiger partial charge on any atom is 0.355 e. The maximum absolute atomic E-state index is 13.6. The van der Waals surface area contributed by atoms with Crippen LogP contribution in [0, 0.1) is 19.7 Å². The van der Waals surface area contributed by atoms with E-state index in [1.165, 1.54) is 18.2 Å². The molecule has 2 aromatic carbocycles. The van der Waals surface area contributed by atoms with Crippen molar-refractivity contribution in [1.29, 1.82) is 0 Å². The molecule has 0 aliphatic carbocycles. The molecule has 0 spiro atoms. The van der Waals surface area contributed by atoms with Gasteiger partial charge in [0.15, 0.2) is 0 Å². The van der Waals surface area contributed by atoms with Gasteiger partial charge in [0, 0.05) is 24.5 Å². The molecule has 174 valence electrons. The van der Waals surface area contributed by atoms with E-state index in [1.54, 1.807) is 25.0 Å². The summed E-state index contributed by atoms with van der Waals surface area (Å²) in [7, 11) is 1.59. The number of anilines is 1. The van der Waals surface area contributed by atoms with E-state index in [4.69, 9.17) is 9.47 Å². The van der Waals surface area contributed by atoms with Gasteiger partial charge in [-0.05, 0) is 67.8 Å². The van der Waals surface area contributed by atoms with Crippen LogP contribution in [0.3, 0.4) is 0 Å². The van der Waals surface area contributed by atoms with Crippen LogP contribution >= 0.6 is 0 Å². The third-order valence-electron chi connectivity index (χ3n) is 5.32. The van der Waals surface area contributed by atoms with E-state index in [1.807, 2.05) is 38.1 Å². The van der Waals surface area contributed by atoms with Crippen LogP contribution in [0.5, 0.6) is 5.75 Å². The van der Waals surface area contributed by atoms with Crippen molar-refractivity contribution >= 4 is 17.7 Å². The number of ether oxygens (including phenoxy) is 2. The zero-order chi connectivity index (χ0) is 24.0. The van der Waals surface area contributed by atoms with E-state index in [9.17, 15) is 14.0 Å². The van der Waals surface area contributed by atoms with E-state index < -0.39 is 17.8 Å². The molecule has 0 aliphatic rings. The van der Waals surface area contributed by atoms with Crippen LogP contribution in [-0.2, 0) is 17.8 Å². The molecule has 0 saturated heterocycles. The van der Waals surface area contributed by atoms with Gasteiger partial charge in [0.05, 0.1) is 13.7 Å². The van der Waals surface area contributed by atoms with Crippen LogP contribution in [0.1, 0.15) is 39.8 Å². The SMILES string of the molecule is CCOC(=O)c1[nH]c(C)c(CN(Cc2ccc(OC)cc2)C(=O)Nc2cccc(F)c2)c1C. The Morgan fingerprint density at radius 1 is 1.09 bits per heavy atom. The fourth-order valence-corrected chi connectivity index (χ4v) is 3.54. The number of halogens is 1. The first-order valence-electron chi connectivity index (χ1n) is 10.6. The fourth-order valence-electron chi connectivity index (χ4n) is 3.54. The molecule has 33 heavy (non-hydrogen) atoms. The largest absolute Gasteiger partial charge is 0.497 e. The summed E-state index contributed by atoms with van der Waals surface area (Å²) in [5.41, 5.74) is 3.94. The number of hydrogen-bond acceptors (Lipinski definition) is 4. The van der Waals surface area contributed by atoms with Crippen molar-refractivity contribution in [3.8, 4) is 5.75 Å². The second-order valence-corrected chi connectivity index (χ2v) is 7.59. The summed E-state index contributed by atoms with van der Waals surface area (Å²) in [5, 5.41) is 2.76. The highest BCUT2D eigenvalue weighted by atomic mass is 19.1. The zero-order valence-electron chi connectivity index (χ0n) is 19.2. The minimum atomic E-state index is -0.439. The third kappa shape index (κ3) is 5.91. The van der Waals surface area contributed by atoms with Crippen LogP contribution in [0.25, 0.3) is 0 Å². The average Bonchev–Trinajstić information content (AvgIpc) is 3.07. The molecule has 3 rings (SSSR count). The van der Waals surface area contributed by atoms with E-state index in [0.717, 1.165) is 22.4 Å². The van der Waals surface area contributed by atoms with Gasteiger partial charge >= 0.3 is 12.0 Å². The number of esters is 1. The number of aryl methyl sites for hydroxylation is 1. The minimum Gasteiger partial charge on any atom is -0.497 e. The molecule has 0 unspecified atom stereocenters. The summed E-state index contributed by atoms with van der Waals surface area (Å²) < 4.78 is 23.9. The quantitative estimate of drug-likeness (QED) is 0.460. The fraction of sp³-hybridized carbons (Fsp3) is 0.280. The number of aromatic nitrogens is 1. The van der Waals surface area contributed by atoms with Crippen molar-refractivity contribution in [2.24, 2.45) is 0 Å². The van der Waals surface area contributed by atoms with Crippen molar-refractivity contribution in [1.82, 2.24) is 9.88 Å². The molecule has 8 heteroatoms. The molecular weight excluding hydrogens is 425 g/mol. The second-order valence-electron chi connectivity index (χ2n) is 7.59. The summed E-state index contributed by atoms with van der Waals surface area (Å²) in [6, 6.07) is 12.7. The van der Waals surface area contributed by atoms with Gasteiger partial charge in [-0.1, -0.05) is 18.2 Å². The average molecular weight is 454 g/mol. The highest BCUT2D eigenvalue weighted by Crippen LogP contribution is 2.23. The molecule has 0 radical (unpaired) electrons. The number of carbonyl (C=O) groups is 2. The number of aromatic amines is 1. The highest BCUT2D eigenvalue weighted by Gasteiger charge is 2.23. The number of rotatable bonds is 8. The standard InChI is InChI=1S/C25H28FN3O4/c1-5-33-24(30)23-16(2)22(17(3)27-23)15-29(14-18-9-11-21(32-4)12-10-18)25(31)28-20-8-6-7-19(26)13-20/h6-13,27H,5,14-15H2,1-4H3,(H,28,31). The Bertz CT molecular complexity index is 1130. The Balaban J connectivity index is 1.89. The predicted molar refractivity (Wildman–Crippen MR) is 124 cm³/mol. The molecule has 3 aromatic rings. The molecule has 2 N–H and O–H groups in total. The molecule has 0 saturated carbocycles. The highest BCUT2D eigenvalue weighted by molar-refractivity contribution is 5.91. The lowest BCUT2D eigenvalue weighted by atomic mass is 10.1. The van der Waals surface area contributed by atoms with Gasteiger partial charge in [-0.15, -0.1) is 0 Å². The van der Waals surface area contributed by atoms with Crippen LogP contribution in [0.15, 0.2) is 48.5 Å². The van der Waals surface area contributed by atoms with Crippen LogP contribution < -0.4 is 10.1 Å². The second kappa shape index (κ2) is 10.7. The van der Waals surface area contributed by atoms with Gasteiger partial charge in [-0.3, -0.25) is 0 Å². The van der Waals surface area contributed by atoms with Gasteiger partial charge in [0.2, 0.25) is 0 Å². The summed E-state index contributed by atoms with van der Waals surface area (Å²) >= 11 is 0. The van der Waals surface area contributed by atoms with Gasteiger partial charge in [0.25, 0.3) is 0 Å². The van der Waals surface area contributed by atoms with Gasteiger partial charge in [0.1, 0.15) is 17.3 Å². The predicted octanol–water partition coefficient (Wildman–Crippen LogP) is 5.19. The van der Waals surface area contributed by atoms with Crippen molar-refractivity contribution < 1.29 is 23.5 Å². The number of nitrogens with one attached hydrogen (secondary N) is 2. The summed E-state index contributed by atoms with van der Waals surface area (Å²) in [6.45, 7) is 6.22. The first-order chi connectivity index (χ1) is 15.8. The van der Waals surface area contributed by atoms with E-state index in [0.29, 0.717) is 23.7 Å². The summed E-state index contributed by atoms with van der Waals surface area (Å²) in [5.74, 6) is -0.160. The monoisotopic (exact) mass is 453 g/mol. The van der Waals surface area contributed by atoms with Crippen molar-refractivity contribution in [2.75, 3.05) is 19.0 Å². The molecule has 0 bridgehead atoms. The van der Waals surface area contributed by atoms with E-state index in [2.05, 4.69) is 10.3 Å². The Hall–Kier alpha value is -3.81. The topological polar surface area (TPSA) is 83.7 Å². The smallest absolute Gasteiger partial charge is 0.355 e. The van der Waals surface area contributed by atoms with Crippen LogP contribution in [0.4, 0.5) is 14.9 Å². The van der Waals surface area contributed by atoms with Gasteiger partial charge in [-0.2, -0.15) is 0 Å². The first-order valence-corrected chi connectivity index (χ1v) is 10.6. The summed E-state index contributed by atoms with van der Waals surface area (Å²) in [6.07, 6.45) is 0. The number of urea groups is 1. The lowest BCUT2D eigenvalue weighted by molar-refractivity contribution is 0.0519. The normalized spacial score (nSPS) is 10.6. The molecule has 1 heterocycles. The maximum atomic E-state index is 13.6. The van der Waals surface area contributed by atoms with Crippen molar-refractivity contribution in [3.63, 3.8) is 0 Å². The Kier molecular flexibility index (Phi) is 7.71. The number of methoxy groups -OCH3 is 1. The Morgan fingerprint density at radius 2 is 1.82 bits per heavy atom. The number of H-pyrrole nitrogens is 1. The third-order valence-corrected chi connectivity index (χ3v) is 5.32. The number of nitrogens with zero attached hydrogens (tertiary/aromatic N) is 1. The lowest BCUT2D eigenvalue weighted by Crippen LogP contribution is -2.34. The molecule has 0 aliphatic heterocycles. The van der Waals surface area contributed by atoms with Gasteiger partial charge < -0.3 is 24.7 Å². The molecular formula is C25H28FN3O4. The molecule has 7 nitrogen and oxygen atoms in total. The van der Waals surface area contributed by atoms with Crippen LogP contribution in [0.2, 0.25) is 0 Å². The molecule has 0 atom stereocenters. The molecule has 1 aromatic heterocycles. The number of benzene rings is 2. The van der Waals surface area contributed by atoms with Crippen molar-refractivity contribution in [2.45, 2.75) is 33.9 Å². The minimum absolute atomic E-state index is 0.237.